The molecule has 3 atom stereocenters. The summed E-state index contributed by atoms with van der Waals surface area (Å²) in [6.07, 6.45) is 1.11. The van der Waals surface area contributed by atoms with Crippen molar-refractivity contribution in [3.63, 3.8) is 0 Å². The third kappa shape index (κ3) is 6.40. The van der Waals surface area contributed by atoms with Crippen molar-refractivity contribution in [2.24, 2.45) is 0 Å². The molecule has 1 aliphatic heterocycles. The molecule has 0 radical (unpaired) electrons. The van der Waals surface area contributed by atoms with Gasteiger partial charge in [0.2, 0.25) is 5.91 Å². The number of nitrogens with zero attached hydrogens (tertiary/aromatic N) is 1. The first-order valence-electron chi connectivity index (χ1n) is 9.99. The van der Waals surface area contributed by atoms with Gasteiger partial charge in [-0.1, -0.05) is 54.6 Å². The quantitative estimate of drug-likeness (QED) is 0.470. The van der Waals surface area contributed by atoms with Crippen LogP contribution in [-0.4, -0.2) is 51.1 Å². The largest absolute Gasteiger partial charge is 1.00 e. The van der Waals surface area contributed by atoms with E-state index >= 15 is 0 Å². The van der Waals surface area contributed by atoms with Crippen LogP contribution in [-0.2, 0) is 33.8 Å². The molecule has 2 aromatic carbocycles. The minimum absolute atomic E-state index is 0. The molecule has 0 aromatic heterocycles. The number of rotatable bonds is 8. The molecule has 0 bridgehead atoms. The van der Waals surface area contributed by atoms with Crippen LogP contribution in [0.4, 0.5) is 0 Å². The number of hydrogen-bond acceptors (Lipinski definition) is 4. The van der Waals surface area contributed by atoms with Crippen LogP contribution in [0.5, 0.6) is 0 Å². The second kappa shape index (κ2) is 11.4. The summed E-state index contributed by atoms with van der Waals surface area (Å²) in [4.78, 5) is 37.9. The minimum Gasteiger partial charge on any atom is -1.00 e. The van der Waals surface area contributed by atoms with Crippen molar-refractivity contribution in [1.29, 1.82) is 0 Å². The summed E-state index contributed by atoms with van der Waals surface area (Å²) >= 11 is 0. The molecule has 0 fully saturated rings. The van der Waals surface area contributed by atoms with Crippen molar-refractivity contribution in [3.05, 3.63) is 71.3 Å². The summed E-state index contributed by atoms with van der Waals surface area (Å²) in [7, 11) is 0. The maximum absolute atomic E-state index is 13.1. The number of carboxylic acids is 2. The third-order valence-electron chi connectivity index (χ3n) is 5.50. The standard InChI is InChI=1S/C23H26N2O5.Na.H/c1-15(24-19(22(27)28)12-11-16-7-3-2-4-8-16)21(26)25-14-18-10-6-5-9-17(18)13-20(25)23(29)30;;/h2-10,15,19-20,24H,11-14H2,1H3,(H,27,28)(H,29,30);;/q;+1;-1/t15?,19?,20-;;/m0../s1. The normalized spacial score (nSPS) is 17.1. The number of carboxylic acid groups (broad SMARTS) is 2. The van der Waals surface area contributed by atoms with Gasteiger partial charge in [-0.25, -0.2) is 4.79 Å². The summed E-state index contributed by atoms with van der Waals surface area (Å²) in [5, 5.41) is 22.1. The van der Waals surface area contributed by atoms with Gasteiger partial charge in [0.05, 0.1) is 6.04 Å². The third-order valence-corrected chi connectivity index (χ3v) is 5.50. The smallest absolute Gasteiger partial charge is 1.00 e. The van der Waals surface area contributed by atoms with Gasteiger partial charge >= 0.3 is 41.5 Å². The molecular weight excluding hydrogens is 407 g/mol. The van der Waals surface area contributed by atoms with Crippen LogP contribution < -0.4 is 34.9 Å². The predicted molar refractivity (Wildman–Crippen MR) is 112 cm³/mol. The summed E-state index contributed by atoms with van der Waals surface area (Å²) in [6.45, 7) is 1.78. The first-order chi connectivity index (χ1) is 14.4. The zero-order chi connectivity index (χ0) is 21.7. The van der Waals surface area contributed by atoms with Gasteiger partial charge in [0.15, 0.2) is 0 Å². The number of benzene rings is 2. The van der Waals surface area contributed by atoms with Crippen molar-refractivity contribution < 1.29 is 55.6 Å². The van der Waals surface area contributed by atoms with Gasteiger partial charge in [-0.2, -0.15) is 0 Å². The fraction of sp³-hybridized carbons (Fsp3) is 0.348. The number of nitrogens with one attached hydrogen (secondary N) is 1. The van der Waals surface area contributed by atoms with Crippen LogP contribution in [0.25, 0.3) is 0 Å². The van der Waals surface area contributed by atoms with Crippen LogP contribution in [0, 0.1) is 0 Å². The molecule has 1 aliphatic rings. The fourth-order valence-corrected chi connectivity index (χ4v) is 3.83. The van der Waals surface area contributed by atoms with Crippen molar-refractivity contribution in [3.8, 4) is 0 Å². The van der Waals surface area contributed by atoms with E-state index in [-0.39, 0.29) is 43.9 Å². The van der Waals surface area contributed by atoms with E-state index in [1.54, 1.807) is 6.92 Å². The minimum atomic E-state index is -1.07. The molecular formula is C23H27N2NaO5. The molecule has 2 aromatic rings. The van der Waals surface area contributed by atoms with Crippen molar-refractivity contribution >= 4 is 17.8 Å². The van der Waals surface area contributed by atoms with E-state index in [4.69, 9.17) is 0 Å². The molecule has 0 saturated heterocycles. The average Bonchev–Trinajstić information content (AvgIpc) is 2.75. The van der Waals surface area contributed by atoms with E-state index in [0.717, 1.165) is 16.7 Å². The van der Waals surface area contributed by atoms with Gasteiger partial charge < -0.3 is 16.5 Å². The van der Waals surface area contributed by atoms with E-state index < -0.39 is 36.0 Å². The fourth-order valence-electron chi connectivity index (χ4n) is 3.83. The molecule has 0 saturated carbocycles. The SMILES string of the molecule is CC(NC(CCc1ccccc1)C(=O)O)C(=O)N1Cc2ccccc2C[C@H]1C(=O)O.[H-].[Na+]. The molecule has 0 aliphatic carbocycles. The van der Waals surface area contributed by atoms with Gasteiger partial charge in [0, 0.05) is 13.0 Å². The number of fused-ring (bicyclic) bond motifs is 1. The zero-order valence-electron chi connectivity index (χ0n) is 18.8. The van der Waals surface area contributed by atoms with Crippen LogP contribution in [0.15, 0.2) is 54.6 Å². The van der Waals surface area contributed by atoms with E-state index in [0.29, 0.717) is 12.8 Å². The molecule has 3 N–H and O–H groups in total. The Morgan fingerprint density at radius 3 is 2.29 bits per heavy atom. The number of carbonyl (C=O) groups excluding carboxylic acids is 1. The molecule has 1 amide bonds. The van der Waals surface area contributed by atoms with Gasteiger partial charge in [-0.15, -0.1) is 0 Å². The number of amides is 1. The summed E-state index contributed by atoms with van der Waals surface area (Å²) in [6, 6.07) is 14.3. The Morgan fingerprint density at radius 1 is 1.06 bits per heavy atom. The molecule has 1 heterocycles. The topological polar surface area (TPSA) is 107 Å². The number of carbonyl (C=O) groups is 3. The number of aryl methyl sites for hydroxylation is 1. The Labute approximate surface area is 205 Å². The predicted octanol–water partition coefficient (Wildman–Crippen LogP) is -0.795. The van der Waals surface area contributed by atoms with Crippen LogP contribution >= 0.6 is 0 Å². The Balaban J connectivity index is 0.00000256. The Kier molecular flexibility index (Phi) is 9.25. The van der Waals surface area contributed by atoms with Gasteiger partial charge in [-0.05, 0) is 36.5 Å². The van der Waals surface area contributed by atoms with Crippen molar-refractivity contribution in [2.45, 2.75) is 50.9 Å². The number of aliphatic carboxylic acids is 2. The monoisotopic (exact) mass is 434 g/mol. The Bertz CT molecular complexity index is 928. The maximum Gasteiger partial charge on any atom is 1.00 e. The summed E-state index contributed by atoms with van der Waals surface area (Å²) in [5.41, 5.74) is 2.85. The van der Waals surface area contributed by atoms with Crippen LogP contribution in [0.2, 0.25) is 0 Å². The Hall–Kier alpha value is -2.19. The second-order valence-corrected chi connectivity index (χ2v) is 7.60. The van der Waals surface area contributed by atoms with Gasteiger partial charge in [0.1, 0.15) is 12.1 Å². The van der Waals surface area contributed by atoms with Gasteiger partial charge in [0.25, 0.3) is 0 Å². The van der Waals surface area contributed by atoms with Crippen LogP contribution in [0.1, 0.15) is 31.5 Å². The summed E-state index contributed by atoms with van der Waals surface area (Å²) < 4.78 is 0. The molecule has 3 rings (SSSR count). The van der Waals surface area contributed by atoms with Crippen molar-refractivity contribution in [1.82, 2.24) is 10.2 Å². The van der Waals surface area contributed by atoms with E-state index in [9.17, 15) is 24.6 Å². The van der Waals surface area contributed by atoms with E-state index in [1.165, 1.54) is 4.90 Å². The number of hydrogen-bond donors (Lipinski definition) is 3. The molecule has 2 unspecified atom stereocenters. The zero-order valence-corrected chi connectivity index (χ0v) is 19.8. The molecule has 8 heteroatoms. The van der Waals surface area contributed by atoms with E-state index in [2.05, 4.69) is 5.32 Å². The van der Waals surface area contributed by atoms with Gasteiger partial charge in [-0.3, -0.25) is 14.9 Å². The first kappa shape index (κ1) is 25.1. The molecule has 0 spiro atoms. The first-order valence-corrected chi connectivity index (χ1v) is 9.99. The molecule has 7 nitrogen and oxygen atoms in total. The van der Waals surface area contributed by atoms with Crippen LogP contribution in [0.3, 0.4) is 0 Å². The average molecular weight is 434 g/mol. The second-order valence-electron chi connectivity index (χ2n) is 7.60. The summed E-state index contributed by atoms with van der Waals surface area (Å²) in [5.74, 6) is -2.52. The van der Waals surface area contributed by atoms with E-state index in [1.807, 2.05) is 54.6 Å². The molecule has 31 heavy (non-hydrogen) atoms. The molecule has 160 valence electrons. The Morgan fingerprint density at radius 2 is 1.68 bits per heavy atom. The maximum atomic E-state index is 13.1. The van der Waals surface area contributed by atoms with Crippen molar-refractivity contribution in [2.75, 3.05) is 0 Å².